The van der Waals surface area contributed by atoms with E-state index in [0.717, 1.165) is 37.4 Å². The van der Waals surface area contributed by atoms with Gasteiger partial charge in [0, 0.05) is 19.6 Å². The first-order chi connectivity index (χ1) is 9.20. The lowest BCUT2D eigenvalue weighted by atomic mass is 9.49. The Kier molecular flexibility index (Phi) is 2.70. The zero-order chi connectivity index (χ0) is 13.0. The van der Waals surface area contributed by atoms with Crippen molar-refractivity contribution in [1.82, 2.24) is 10.2 Å². The average molecular weight is 262 g/mol. The molecular weight excluding hydrogens is 236 g/mol. The standard InChI is InChI=1S/C16H26N2O/c1-2-18(14-9-17-10-14)15(19)16-6-11-3-12(7-16)5-13(4-11)8-16/h11-14,17H,2-10H2,1H3. The normalized spacial score (nSPS) is 44.2. The molecule has 0 atom stereocenters. The molecule has 5 fully saturated rings. The van der Waals surface area contributed by atoms with E-state index in [4.69, 9.17) is 0 Å². The van der Waals surface area contributed by atoms with E-state index in [9.17, 15) is 4.79 Å². The van der Waals surface area contributed by atoms with Crippen LogP contribution in [0.2, 0.25) is 0 Å². The van der Waals surface area contributed by atoms with Crippen molar-refractivity contribution in [3.8, 4) is 0 Å². The van der Waals surface area contributed by atoms with Crippen LogP contribution in [0.3, 0.4) is 0 Å². The van der Waals surface area contributed by atoms with Crippen LogP contribution in [0.1, 0.15) is 45.4 Å². The van der Waals surface area contributed by atoms with Crippen LogP contribution < -0.4 is 5.32 Å². The van der Waals surface area contributed by atoms with E-state index in [-0.39, 0.29) is 5.41 Å². The minimum atomic E-state index is 0.0559. The average Bonchev–Trinajstić information content (AvgIpc) is 2.31. The predicted molar refractivity (Wildman–Crippen MR) is 74.6 cm³/mol. The zero-order valence-electron chi connectivity index (χ0n) is 12.0. The summed E-state index contributed by atoms with van der Waals surface area (Å²) >= 11 is 0. The van der Waals surface area contributed by atoms with Crippen molar-refractivity contribution in [3.63, 3.8) is 0 Å². The highest BCUT2D eigenvalue weighted by Crippen LogP contribution is 2.60. The van der Waals surface area contributed by atoms with Gasteiger partial charge in [-0.25, -0.2) is 0 Å². The Morgan fingerprint density at radius 2 is 1.63 bits per heavy atom. The van der Waals surface area contributed by atoms with Crippen molar-refractivity contribution >= 4 is 5.91 Å². The maximum Gasteiger partial charge on any atom is 0.229 e. The smallest absolute Gasteiger partial charge is 0.229 e. The molecule has 0 aromatic rings. The van der Waals surface area contributed by atoms with Gasteiger partial charge in [0.15, 0.2) is 0 Å². The highest BCUT2D eigenvalue weighted by Gasteiger charge is 2.56. The highest BCUT2D eigenvalue weighted by atomic mass is 16.2. The van der Waals surface area contributed by atoms with Gasteiger partial charge < -0.3 is 10.2 Å². The van der Waals surface area contributed by atoms with E-state index in [1.165, 1.54) is 38.5 Å². The van der Waals surface area contributed by atoms with E-state index in [0.29, 0.717) is 11.9 Å². The minimum absolute atomic E-state index is 0.0559. The van der Waals surface area contributed by atoms with Gasteiger partial charge in [-0.3, -0.25) is 4.79 Å². The molecular formula is C16H26N2O. The fraction of sp³-hybridized carbons (Fsp3) is 0.938. The van der Waals surface area contributed by atoms with Gasteiger partial charge in [-0.2, -0.15) is 0 Å². The van der Waals surface area contributed by atoms with Crippen molar-refractivity contribution in [2.24, 2.45) is 23.2 Å². The van der Waals surface area contributed by atoms with Gasteiger partial charge in [0.05, 0.1) is 11.5 Å². The van der Waals surface area contributed by atoms with E-state index < -0.39 is 0 Å². The lowest BCUT2D eigenvalue weighted by molar-refractivity contribution is -0.160. The number of hydrogen-bond acceptors (Lipinski definition) is 2. The third kappa shape index (κ3) is 1.77. The molecule has 0 unspecified atom stereocenters. The maximum atomic E-state index is 13.2. The predicted octanol–water partition coefficient (Wildman–Crippen LogP) is 2.02. The summed E-state index contributed by atoms with van der Waals surface area (Å²) in [5.41, 5.74) is 0.0559. The van der Waals surface area contributed by atoms with Gasteiger partial charge >= 0.3 is 0 Å². The first-order valence-corrected chi connectivity index (χ1v) is 8.22. The molecule has 0 spiro atoms. The summed E-state index contributed by atoms with van der Waals surface area (Å²) in [7, 11) is 0. The monoisotopic (exact) mass is 262 g/mol. The molecule has 1 heterocycles. The number of carbonyl (C=O) groups excluding carboxylic acids is 1. The lowest BCUT2D eigenvalue weighted by Gasteiger charge is -2.57. The molecule has 5 aliphatic rings. The molecule has 1 aliphatic heterocycles. The quantitative estimate of drug-likeness (QED) is 0.844. The Hall–Kier alpha value is -0.570. The summed E-state index contributed by atoms with van der Waals surface area (Å²) in [6, 6.07) is 0.477. The number of rotatable bonds is 3. The second-order valence-corrected chi connectivity index (χ2v) is 7.60. The summed E-state index contributed by atoms with van der Waals surface area (Å²) in [5.74, 6) is 3.12. The van der Waals surface area contributed by atoms with Crippen molar-refractivity contribution in [2.75, 3.05) is 19.6 Å². The molecule has 0 radical (unpaired) electrons. The number of amides is 1. The van der Waals surface area contributed by atoms with Gasteiger partial charge in [-0.05, 0) is 63.2 Å². The SMILES string of the molecule is CCN(C(=O)C12CC3CC(CC(C3)C1)C2)C1CNC1. The molecule has 4 bridgehead atoms. The Bertz CT molecular complexity index is 353. The van der Waals surface area contributed by atoms with Crippen LogP contribution in [0.5, 0.6) is 0 Å². The fourth-order valence-electron chi connectivity index (χ4n) is 5.74. The number of nitrogens with one attached hydrogen (secondary N) is 1. The van der Waals surface area contributed by atoms with Crippen LogP contribution in [0.15, 0.2) is 0 Å². The van der Waals surface area contributed by atoms with E-state index in [2.05, 4.69) is 17.1 Å². The molecule has 19 heavy (non-hydrogen) atoms. The van der Waals surface area contributed by atoms with Gasteiger partial charge in [-0.1, -0.05) is 0 Å². The molecule has 5 rings (SSSR count). The Morgan fingerprint density at radius 1 is 1.11 bits per heavy atom. The molecule has 0 aromatic carbocycles. The molecule has 106 valence electrons. The summed E-state index contributed by atoms with van der Waals surface area (Å²) in [4.78, 5) is 15.4. The molecule has 1 saturated heterocycles. The van der Waals surface area contributed by atoms with Gasteiger partial charge in [0.1, 0.15) is 0 Å². The number of likely N-dealkylation sites (N-methyl/N-ethyl adjacent to an activating group) is 1. The topological polar surface area (TPSA) is 32.3 Å². The first-order valence-electron chi connectivity index (χ1n) is 8.22. The number of carbonyl (C=O) groups is 1. The number of hydrogen-bond donors (Lipinski definition) is 1. The summed E-state index contributed by atoms with van der Waals surface area (Å²) in [6.07, 6.45) is 7.87. The van der Waals surface area contributed by atoms with Crippen molar-refractivity contribution in [3.05, 3.63) is 0 Å². The highest BCUT2D eigenvalue weighted by molar-refractivity contribution is 5.83. The van der Waals surface area contributed by atoms with Crippen molar-refractivity contribution < 1.29 is 4.79 Å². The minimum Gasteiger partial charge on any atom is -0.337 e. The van der Waals surface area contributed by atoms with Crippen LogP contribution >= 0.6 is 0 Å². The van der Waals surface area contributed by atoms with E-state index >= 15 is 0 Å². The fourth-order valence-corrected chi connectivity index (χ4v) is 5.74. The summed E-state index contributed by atoms with van der Waals surface area (Å²) in [6.45, 7) is 5.06. The largest absolute Gasteiger partial charge is 0.337 e. The molecule has 0 aromatic heterocycles. The van der Waals surface area contributed by atoms with Crippen LogP contribution in [0, 0.1) is 23.2 Å². The molecule has 3 nitrogen and oxygen atoms in total. The Balaban J connectivity index is 1.58. The zero-order valence-corrected chi connectivity index (χ0v) is 12.0. The van der Waals surface area contributed by atoms with Crippen LogP contribution in [-0.4, -0.2) is 36.5 Å². The van der Waals surface area contributed by atoms with Gasteiger partial charge in [0.2, 0.25) is 5.91 Å². The Labute approximate surface area is 116 Å². The maximum absolute atomic E-state index is 13.2. The van der Waals surface area contributed by atoms with Crippen LogP contribution in [-0.2, 0) is 4.79 Å². The molecule has 1 N–H and O–H groups in total. The third-order valence-corrected chi connectivity index (χ3v) is 6.29. The number of nitrogens with zero attached hydrogens (tertiary/aromatic N) is 1. The van der Waals surface area contributed by atoms with Crippen LogP contribution in [0.4, 0.5) is 0 Å². The van der Waals surface area contributed by atoms with E-state index in [1.54, 1.807) is 0 Å². The second kappa shape index (κ2) is 4.21. The second-order valence-electron chi connectivity index (χ2n) is 7.60. The van der Waals surface area contributed by atoms with E-state index in [1.807, 2.05) is 0 Å². The molecule has 4 saturated carbocycles. The molecule has 4 aliphatic carbocycles. The summed E-state index contributed by atoms with van der Waals surface area (Å²) < 4.78 is 0. The molecule has 3 heteroatoms. The summed E-state index contributed by atoms with van der Waals surface area (Å²) in [5, 5.41) is 3.31. The van der Waals surface area contributed by atoms with Crippen molar-refractivity contribution in [1.29, 1.82) is 0 Å². The lowest BCUT2D eigenvalue weighted by Crippen LogP contribution is -2.63. The van der Waals surface area contributed by atoms with Gasteiger partial charge in [-0.15, -0.1) is 0 Å². The van der Waals surface area contributed by atoms with Crippen molar-refractivity contribution in [2.45, 2.75) is 51.5 Å². The first kappa shape index (κ1) is 12.2. The van der Waals surface area contributed by atoms with Gasteiger partial charge in [0.25, 0.3) is 0 Å². The third-order valence-electron chi connectivity index (χ3n) is 6.29. The molecule has 1 amide bonds. The van der Waals surface area contributed by atoms with Crippen LogP contribution in [0.25, 0.3) is 0 Å². The Morgan fingerprint density at radius 3 is 2.00 bits per heavy atom.